The van der Waals surface area contributed by atoms with Crippen molar-refractivity contribution in [3.63, 3.8) is 0 Å². The van der Waals surface area contributed by atoms with E-state index >= 15 is 0 Å². The third-order valence-corrected chi connectivity index (χ3v) is 3.73. The molecule has 19 heavy (non-hydrogen) atoms. The van der Waals surface area contributed by atoms with E-state index in [2.05, 4.69) is 48.1 Å². The lowest BCUT2D eigenvalue weighted by molar-refractivity contribution is 0.347. The summed E-state index contributed by atoms with van der Waals surface area (Å²) in [7, 11) is 3.30. The van der Waals surface area contributed by atoms with Gasteiger partial charge in [0, 0.05) is 12.1 Å². The fourth-order valence-electron chi connectivity index (χ4n) is 2.13. The molecule has 0 unspecified atom stereocenters. The van der Waals surface area contributed by atoms with Gasteiger partial charge in [-0.2, -0.15) is 0 Å². The Morgan fingerprint density at radius 2 is 1.89 bits per heavy atom. The summed E-state index contributed by atoms with van der Waals surface area (Å²) in [6.07, 6.45) is 2.33. The van der Waals surface area contributed by atoms with Gasteiger partial charge < -0.3 is 14.8 Å². The van der Waals surface area contributed by atoms with Gasteiger partial charge in [0.15, 0.2) is 11.5 Å². The topological polar surface area (TPSA) is 30.5 Å². The van der Waals surface area contributed by atoms with Gasteiger partial charge in [-0.25, -0.2) is 0 Å². The first kappa shape index (κ1) is 16.3. The first-order valence-corrected chi connectivity index (χ1v) is 7.38. The second-order valence-corrected chi connectivity index (χ2v) is 6.15. The van der Waals surface area contributed by atoms with Gasteiger partial charge in [-0.1, -0.05) is 13.3 Å². The molecule has 0 amide bonds. The van der Waals surface area contributed by atoms with Gasteiger partial charge in [-0.3, -0.25) is 0 Å². The maximum Gasteiger partial charge on any atom is 0.174 e. The summed E-state index contributed by atoms with van der Waals surface area (Å²) < 4.78 is 11.6. The van der Waals surface area contributed by atoms with Gasteiger partial charge in [0.05, 0.1) is 18.7 Å². The van der Waals surface area contributed by atoms with Gasteiger partial charge in [0.25, 0.3) is 0 Å². The zero-order valence-electron chi connectivity index (χ0n) is 12.5. The lowest BCUT2D eigenvalue weighted by Gasteiger charge is -2.26. The zero-order chi connectivity index (χ0) is 14.5. The normalized spacial score (nSPS) is 11.5. The predicted molar refractivity (Wildman–Crippen MR) is 83.1 cm³/mol. The molecule has 0 spiro atoms. The van der Waals surface area contributed by atoms with Crippen LogP contribution in [-0.2, 0) is 6.54 Å². The Balaban J connectivity index is 2.83. The number of ether oxygens (including phenoxy) is 2. The van der Waals surface area contributed by atoms with Crippen LogP contribution in [0, 0.1) is 0 Å². The van der Waals surface area contributed by atoms with Crippen LogP contribution in [-0.4, -0.2) is 19.8 Å². The molecule has 0 radical (unpaired) electrons. The molecule has 3 nitrogen and oxygen atoms in total. The van der Waals surface area contributed by atoms with Crippen molar-refractivity contribution in [1.82, 2.24) is 5.32 Å². The molecule has 1 N–H and O–H groups in total. The van der Waals surface area contributed by atoms with Crippen LogP contribution in [0.5, 0.6) is 11.5 Å². The quantitative estimate of drug-likeness (QED) is 0.815. The Bertz CT molecular complexity index is 419. The number of methoxy groups -OCH3 is 2. The van der Waals surface area contributed by atoms with Crippen molar-refractivity contribution in [2.75, 3.05) is 14.2 Å². The van der Waals surface area contributed by atoms with E-state index in [1.54, 1.807) is 14.2 Å². The van der Waals surface area contributed by atoms with Crippen molar-refractivity contribution >= 4 is 15.9 Å². The summed E-state index contributed by atoms with van der Waals surface area (Å²) in [5, 5.41) is 3.58. The first-order chi connectivity index (χ1) is 8.93. The standard InChI is InChI=1S/C15H24BrNO2/c1-6-7-15(2,3)17-10-11-8-12(16)14(19-5)13(9-11)18-4/h8-9,17H,6-7,10H2,1-5H3. The van der Waals surface area contributed by atoms with Crippen molar-refractivity contribution in [3.05, 3.63) is 22.2 Å². The van der Waals surface area contributed by atoms with Crippen LogP contribution < -0.4 is 14.8 Å². The zero-order valence-corrected chi connectivity index (χ0v) is 14.1. The van der Waals surface area contributed by atoms with Crippen LogP contribution in [0.1, 0.15) is 39.2 Å². The molecule has 108 valence electrons. The highest BCUT2D eigenvalue weighted by molar-refractivity contribution is 9.10. The van der Waals surface area contributed by atoms with Crippen LogP contribution >= 0.6 is 15.9 Å². The molecular formula is C15H24BrNO2. The van der Waals surface area contributed by atoms with Gasteiger partial charge in [-0.15, -0.1) is 0 Å². The van der Waals surface area contributed by atoms with Crippen LogP contribution in [0.15, 0.2) is 16.6 Å². The van der Waals surface area contributed by atoms with Crippen LogP contribution in [0.2, 0.25) is 0 Å². The summed E-state index contributed by atoms with van der Waals surface area (Å²) in [5.41, 5.74) is 1.32. The van der Waals surface area contributed by atoms with Gasteiger partial charge in [0.2, 0.25) is 0 Å². The highest BCUT2D eigenvalue weighted by Crippen LogP contribution is 2.36. The first-order valence-electron chi connectivity index (χ1n) is 6.59. The summed E-state index contributed by atoms with van der Waals surface area (Å²) in [6, 6.07) is 4.08. The van der Waals surface area contributed by atoms with E-state index in [4.69, 9.17) is 9.47 Å². The lowest BCUT2D eigenvalue weighted by atomic mass is 9.98. The second-order valence-electron chi connectivity index (χ2n) is 5.30. The third-order valence-electron chi connectivity index (χ3n) is 3.14. The Morgan fingerprint density at radius 3 is 2.42 bits per heavy atom. The number of hydrogen-bond donors (Lipinski definition) is 1. The molecule has 1 aromatic rings. The Morgan fingerprint density at radius 1 is 1.21 bits per heavy atom. The van der Waals surface area contributed by atoms with Crippen molar-refractivity contribution in [1.29, 1.82) is 0 Å². The Kier molecular flexibility index (Phi) is 6.14. The molecule has 0 atom stereocenters. The van der Waals surface area contributed by atoms with E-state index < -0.39 is 0 Å². The van der Waals surface area contributed by atoms with Gasteiger partial charge in [-0.05, 0) is 53.9 Å². The molecule has 0 aliphatic rings. The number of halogens is 1. The van der Waals surface area contributed by atoms with E-state index in [-0.39, 0.29) is 5.54 Å². The molecule has 0 saturated carbocycles. The molecular weight excluding hydrogens is 306 g/mol. The summed E-state index contributed by atoms with van der Waals surface area (Å²) in [4.78, 5) is 0. The minimum atomic E-state index is 0.147. The van der Waals surface area contributed by atoms with E-state index in [1.165, 1.54) is 12.0 Å². The summed E-state index contributed by atoms with van der Waals surface area (Å²) >= 11 is 3.52. The smallest absolute Gasteiger partial charge is 0.174 e. The number of nitrogens with one attached hydrogen (secondary N) is 1. The SMILES string of the molecule is CCCC(C)(C)NCc1cc(Br)c(OC)c(OC)c1. The molecule has 1 rings (SSSR count). The predicted octanol–water partition coefficient (Wildman–Crippen LogP) is 4.13. The van der Waals surface area contributed by atoms with Crippen molar-refractivity contribution in [2.24, 2.45) is 0 Å². The maximum atomic E-state index is 5.35. The monoisotopic (exact) mass is 329 g/mol. The lowest BCUT2D eigenvalue weighted by Crippen LogP contribution is -2.38. The molecule has 0 aromatic heterocycles. The molecule has 0 heterocycles. The fraction of sp³-hybridized carbons (Fsp3) is 0.600. The number of hydrogen-bond acceptors (Lipinski definition) is 3. The number of rotatable bonds is 7. The van der Waals surface area contributed by atoms with Crippen molar-refractivity contribution < 1.29 is 9.47 Å². The van der Waals surface area contributed by atoms with Crippen LogP contribution in [0.3, 0.4) is 0 Å². The second kappa shape index (κ2) is 7.15. The van der Waals surface area contributed by atoms with Crippen molar-refractivity contribution in [2.45, 2.75) is 45.7 Å². The molecule has 0 aliphatic carbocycles. The van der Waals surface area contributed by atoms with Crippen LogP contribution in [0.4, 0.5) is 0 Å². The Hall–Kier alpha value is -0.740. The maximum absolute atomic E-state index is 5.35. The van der Waals surface area contributed by atoms with Crippen LogP contribution in [0.25, 0.3) is 0 Å². The number of benzene rings is 1. The highest BCUT2D eigenvalue weighted by atomic mass is 79.9. The highest BCUT2D eigenvalue weighted by Gasteiger charge is 2.16. The molecule has 0 fully saturated rings. The van der Waals surface area contributed by atoms with Crippen molar-refractivity contribution in [3.8, 4) is 11.5 Å². The largest absolute Gasteiger partial charge is 0.493 e. The van der Waals surface area contributed by atoms with E-state index in [0.29, 0.717) is 0 Å². The molecule has 0 aliphatic heterocycles. The van der Waals surface area contributed by atoms with Gasteiger partial charge >= 0.3 is 0 Å². The average molecular weight is 330 g/mol. The van der Waals surface area contributed by atoms with Gasteiger partial charge in [0.1, 0.15) is 0 Å². The summed E-state index contributed by atoms with van der Waals surface area (Å²) in [6.45, 7) is 7.47. The Labute approximate surface area is 124 Å². The molecule has 4 heteroatoms. The average Bonchev–Trinajstić information content (AvgIpc) is 2.35. The molecule has 0 bridgehead atoms. The molecule has 0 saturated heterocycles. The fourth-order valence-corrected chi connectivity index (χ4v) is 2.78. The third kappa shape index (κ3) is 4.69. The minimum Gasteiger partial charge on any atom is -0.493 e. The minimum absolute atomic E-state index is 0.147. The van der Waals surface area contributed by atoms with E-state index in [1.807, 2.05) is 6.07 Å². The summed E-state index contributed by atoms with van der Waals surface area (Å²) in [5.74, 6) is 1.49. The van der Waals surface area contributed by atoms with E-state index in [9.17, 15) is 0 Å². The molecule has 1 aromatic carbocycles. The van der Waals surface area contributed by atoms with E-state index in [0.717, 1.165) is 28.9 Å².